The summed E-state index contributed by atoms with van der Waals surface area (Å²) in [5.74, 6) is -2.46. The molecule has 1 aromatic rings. The fourth-order valence-electron chi connectivity index (χ4n) is 0.856. The molecule has 0 spiro atoms. The van der Waals surface area contributed by atoms with Crippen molar-refractivity contribution in [3.8, 4) is 0 Å². The van der Waals surface area contributed by atoms with Gasteiger partial charge in [0.1, 0.15) is 0 Å². The Kier molecular flexibility index (Phi) is 7.41. The molecule has 0 fully saturated rings. The number of hydrogen-bond acceptors (Lipinski definition) is 2. The largest absolute Gasteiger partial charge is 0.478 e. The van der Waals surface area contributed by atoms with Gasteiger partial charge in [-0.05, 0) is 12.1 Å². The van der Waals surface area contributed by atoms with Gasteiger partial charge < -0.3 is 10.2 Å². The number of hydrogen-bond donors (Lipinski definition) is 2. The fourth-order valence-corrected chi connectivity index (χ4v) is 0.856. The van der Waals surface area contributed by atoms with Crippen molar-refractivity contribution in [1.82, 2.24) is 0 Å². The molecule has 0 aliphatic rings. The molecule has 14 heavy (non-hydrogen) atoms. The molecule has 0 atom stereocenters. The zero-order chi connectivity index (χ0) is 9.14. The summed E-state index contributed by atoms with van der Waals surface area (Å²) in [6.07, 6.45) is 0. The predicted molar refractivity (Wildman–Crippen MR) is 40.4 cm³/mol. The van der Waals surface area contributed by atoms with Crippen LogP contribution in [0.5, 0.6) is 0 Å². The van der Waals surface area contributed by atoms with E-state index >= 15 is 0 Å². The minimum absolute atomic E-state index is 0. The molecular formula is C8H6FeMnO4. The van der Waals surface area contributed by atoms with E-state index in [2.05, 4.69) is 0 Å². The molecule has 4 nitrogen and oxygen atoms in total. The Balaban J connectivity index is 0. The summed E-state index contributed by atoms with van der Waals surface area (Å²) < 4.78 is 0. The van der Waals surface area contributed by atoms with E-state index in [4.69, 9.17) is 10.2 Å². The van der Waals surface area contributed by atoms with Crippen molar-refractivity contribution in [2.24, 2.45) is 0 Å². The maximum atomic E-state index is 10.5. The summed E-state index contributed by atoms with van der Waals surface area (Å²) in [5, 5.41) is 17.1. The Morgan fingerprint density at radius 1 is 0.929 bits per heavy atom. The first kappa shape index (κ1) is 15.7. The summed E-state index contributed by atoms with van der Waals surface area (Å²) in [6.45, 7) is 0. The van der Waals surface area contributed by atoms with Crippen LogP contribution >= 0.6 is 0 Å². The molecule has 0 amide bonds. The van der Waals surface area contributed by atoms with Crippen LogP contribution in [0, 0.1) is 0 Å². The van der Waals surface area contributed by atoms with Gasteiger partial charge in [0.25, 0.3) is 0 Å². The van der Waals surface area contributed by atoms with Crippen LogP contribution in [0.3, 0.4) is 0 Å². The van der Waals surface area contributed by atoms with Crippen LogP contribution in [-0.2, 0) is 34.1 Å². The van der Waals surface area contributed by atoms with Gasteiger partial charge in [0.2, 0.25) is 0 Å². The average molecular weight is 277 g/mol. The maximum absolute atomic E-state index is 10.5. The van der Waals surface area contributed by atoms with Gasteiger partial charge >= 0.3 is 11.9 Å². The number of carboxylic acids is 2. The molecule has 0 heterocycles. The van der Waals surface area contributed by atoms with E-state index in [0.29, 0.717) is 0 Å². The molecular weight excluding hydrogens is 271 g/mol. The van der Waals surface area contributed by atoms with E-state index in [-0.39, 0.29) is 45.3 Å². The molecule has 0 aliphatic carbocycles. The second kappa shape index (κ2) is 6.62. The summed E-state index contributed by atoms with van der Waals surface area (Å²) in [4.78, 5) is 20.9. The molecule has 1 radical (unpaired) electrons. The Hall–Kier alpha value is -0.801. The van der Waals surface area contributed by atoms with Gasteiger partial charge in [-0.15, -0.1) is 0 Å². The van der Waals surface area contributed by atoms with E-state index in [1.54, 1.807) is 0 Å². The Bertz CT molecular complexity index is 307. The van der Waals surface area contributed by atoms with E-state index in [9.17, 15) is 9.59 Å². The van der Waals surface area contributed by atoms with Crippen LogP contribution in [0.1, 0.15) is 20.7 Å². The standard InChI is InChI=1S/C8H6O4.Fe.Mn/c9-7(10)5-3-1-2-4-6(5)8(11)12;;/h1-4H,(H,9,10)(H,11,12);;. The summed E-state index contributed by atoms with van der Waals surface area (Å²) >= 11 is 0. The molecule has 1 rings (SSSR count). The summed E-state index contributed by atoms with van der Waals surface area (Å²) in [7, 11) is 0. The Morgan fingerprint density at radius 2 is 1.21 bits per heavy atom. The fraction of sp³-hybridized carbons (Fsp3) is 0. The maximum Gasteiger partial charge on any atom is 0.336 e. The van der Waals surface area contributed by atoms with Crippen molar-refractivity contribution in [2.45, 2.75) is 0 Å². The average Bonchev–Trinajstić information content (AvgIpc) is 2.04. The van der Waals surface area contributed by atoms with Crippen molar-refractivity contribution in [2.75, 3.05) is 0 Å². The topological polar surface area (TPSA) is 74.6 Å². The Morgan fingerprint density at radius 3 is 1.43 bits per heavy atom. The van der Waals surface area contributed by atoms with Crippen molar-refractivity contribution >= 4 is 11.9 Å². The number of rotatable bonds is 2. The zero-order valence-electron chi connectivity index (χ0n) is 6.75. The van der Waals surface area contributed by atoms with Gasteiger partial charge in [-0.1, -0.05) is 12.1 Å². The van der Waals surface area contributed by atoms with Gasteiger partial charge in [-0.25, -0.2) is 9.59 Å². The molecule has 0 aromatic heterocycles. The molecule has 0 aliphatic heterocycles. The van der Waals surface area contributed by atoms with Gasteiger partial charge in [-0.2, -0.15) is 0 Å². The normalized spacial score (nSPS) is 8.00. The molecule has 0 saturated carbocycles. The van der Waals surface area contributed by atoms with E-state index in [1.807, 2.05) is 0 Å². The smallest absolute Gasteiger partial charge is 0.336 e. The van der Waals surface area contributed by atoms with Crippen LogP contribution in [0.25, 0.3) is 0 Å². The van der Waals surface area contributed by atoms with Gasteiger partial charge in [-0.3, -0.25) is 0 Å². The van der Waals surface area contributed by atoms with E-state index in [1.165, 1.54) is 24.3 Å². The summed E-state index contributed by atoms with van der Waals surface area (Å²) in [5.41, 5.74) is -0.380. The third-order valence-electron chi connectivity index (χ3n) is 1.39. The van der Waals surface area contributed by atoms with Crippen LogP contribution in [0.4, 0.5) is 0 Å². The first-order valence-corrected chi connectivity index (χ1v) is 3.18. The molecule has 0 bridgehead atoms. The monoisotopic (exact) mass is 277 g/mol. The first-order valence-electron chi connectivity index (χ1n) is 3.18. The van der Waals surface area contributed by atoms with Crippen LogP contribution in [-0.4, -0.2) is 22.2 Å². The van der Waals surface area contributed by atoms with Crippen molar-refractivity contribution in [3.63, 3.8) is 0 Å². The van der Waals surface area contributed by atoms with E-state index in [0.717, 1.165) is 0 Å². The molecule has 1 aromatic carbocycles. The minimum Gasteiger partial charge on any atom is -0.478 e. The van der Waals surface area contributed by atoms with Crippen molar-refractivity contribution in [3.05, 3.63) is 35.4 Å². The van der Waals surface area contributed by atoms with E-state index < -0.39 is 11.9 Å². The predicted octanol–water partition coefficient (Wildman–Crippen LogP) is 1.08. The molecule has 77 valence electrons. The quantitative estimate of drug-likeness (QED) is 0.793. The minimum atomic E-state index is -1.23. The molecule has 6 heteroatoms. The third-order valence-corrected chi connectivity index (χ3v) is 1.39. The van der Waals surface area contributed by atoms with Crippen LogP contribution < -0.4 is 0 Å². The van der Waals surface area contributed by atoms with Gasteiger partial charge in [0, 0.05) is 34.1 Å². The zero-order valence-corrected chi connectivity index (χ0v) is 9.04. The van der Waals surface area contributed by atoms with Gasteiger partial charge in [0.15, 0.2) is 0 Å². The van der Waals surface area contributed by atoms with Crippen LogP contribution in [0.2, 0.25) is 0 Å². The number of carboxylic acid groups (broad SMARTS) is 2. The molecule has 2 N–H and O–H groups in total. The van der Waals surface area contributed by atoms with Crippen LogP contribution in [0.15, 0.2) is 24.3 Å². The third kappa shape index (κ3) is 3.52. The van der Waals surface area contributed by atoms with Gasteiger partial charge in [0.05, 0.1) is 11.1 Å². The Labute approximate surface area is 101 Å². The SMILES string of the molecule is O=C(O)c1ccccc1C(=O)O.[Fe].[Mn]. The number of aromatic carboxylic acids is 2. The summed E-state index contributed by atoms with van der Waals surface area (Å²) in [6, 6.07) is 5.48. The van der Waals surface area contributed by atoms with Crippen molar-refractivity contribution in [1.29, 1.82) is 0 Å². The molecule has 0 unspecified atom stereocenters. The van der Waals surface area contributed by atoms with Crippen molar-refractivity contribution < 1.29 is 53.9 Å². The number of benzene rings is 1. The first-order chi connectivity index (χ1) is 5.63. The molecule has 0 saturated heterocycles. The second-order valence-electron chi connectivity index (χ2n) is 2.16. The second-order valence-corrected chi connectivity index (χ2v) is 2.16. The number of carbonyl (C=O) groups is 2.